The summed E-state index contributed by atoms with van der Waals surface area (Å²) >= 11 is 12.2. The lowest BCUT2D eigenvalue weighted by molar-refractivity contribution is -0.140. The molecule has 0 aromatic heterocycles. The van der Waals surface area contributed by atoms with E-state index in [1.807, 2.05) is 36.4 Å². The molecule has 0 aliphatic carbocycles. The highest BCUT2D eigenvalue weighted by atomic mass is 35.5. The Hall–Kier alpha value is -2.91. The highest BCUT2D eigenvalue weighted by Crippen LogP contribution is 2.21. The Morgan fingerprint density at radius 1 is 0.892 bits per heavy atom. The Morgan fingerprint density at radius 3 is 2.00 bits per heavy atom. The number of halogens is 2. The maximum absolute atomic E-state index is 13.5. The molecular formula is C27H29Cl2N3O4S. The summed E-state index contributed by atoms with van der Waals surface area (Å²) in [7, 11) is -3.71. The van der Waals surface area contributed by atoms with Gasteiger partial charge in [0.15, 0.2) is 0 Å². The quantitative estimate of drug-likeness (QED) is 0.373. The van der Waals surface area contributed by atoms with Gasteiger partial charge >= 0.3 is 0 Å². The van der Waals surface area contributed by atoms with Gasteiger partial charge in [0.25, 0.3) is 0 Å². The third kappa shape index (κ3) is 8.57. The molecular weight excluding hydrogens is 533 g/mol. The molecule has 0 saturated carbocycles. The smallest absolute Gasteiger partial charge is 0.242 e. The molecule has 0 fully saturated rings. The molecule has 196 valence electrons. The largest absolute Gasteiger partial charge is 0.350 e. The molecule has 3 rings (SSSR count). The maximum atomic E-state index is 13.5. The summed E-state index contributed by atoms with van der Waals surface area (Å²) in [6, 6.07) is 22.4. The van der Waals surface area contributed by atoms with Crippen molar-refractivity contribution in [1.29, 1.82) is 0 Å². The van der Waals surface area contributed by atoms with Crippen LogP contribution in [0.4, 0.5) is 0 Å². The highest BCUT2D eigenvalue weighted by molar-refractivity contribution is 7.88. The van der Waals surface area contributed by atoms with E-state index in [-0.39, 0.29) is 19.6 Å². The second-order valence-electron chi connectivity index (χ2n) is 8.65. The molecule has 3 aromatic rings. The molecule has 0 aliphatic rings. The van der Waals surface area contributed by atoms with Crippen LogP contribution >= 0.6 is 23.2 Å². The second-order valence-corrected chi connectivity index (χ2v) is 11.5. The molecule has 0 bridgehead atoms. The number of hydrogen-bond donors (Lipinski definition) is 1. The summed E-state index contributed by atoms with van der Waals surface area (Å²) in [5.41, 5.74) is 2.24. The Morgan fingerprint density at radius 2 is 1.46 bits per heavy atom. The topological polar surface area (TPSA) is 86.8 Å². The molecule has 0 heterocycles. The van der Waals surface area contributed by atoms with Crippen molar-refractivity contribution in [1.82, 2.24) is 14.5 Å². The SMILES string of the molecule is CC(C(=O)NCc1ccc(Cl)cc1Cl)N(Cc1ccccc1)C(=O)CN(Cc1ccccc1)S(C)(=O)=O. The van der Waals surface area contributed by atoms with E-state index in [1.54, 1.807) is 49.4 Å². The van der Waals surface area contributed by atoms with Gasteiger partial charge < -0.3 is 10.2 Å². The van der Waals surface area contributed by atoms with Crippen LogP contribution in [-0.2, 0) is 39.2 Å². The van der Waals surface area contributed by atoms with Gasteiger partial charge in [-0.05, 0) is 35.7 Å². The van der Waals surface area contributed by atoms with Crippen LogP contribution in [0, 0.1) is 0 Å². The van der Waals surface area contributed by atoms with Gasteiger partial charge in [0.2, 0.25) is 21.8 Å². The minimum absolute atomic E-state index is 0.0419. The van der Waals surface area contributed by atoms with Crippen LogP contribution < -0.4 is 5.32 Å². The van der Waals surface area contributed by atoms with Gasteiger partial charge in [-0.1, -0.05) is 89.9 Å². The van der Waals surface area contributed by atoms with Crippen molar-refractivity contribution >= 4 is 45.0 Å². The van der Waals surface area contributed by atoms with Crippen LogP contribution in [0.1, 0.15) is 23.6 Å². The molecule has 1 atom stereocenters. The van der Waals surface area contributed by atoms with Gasteiger partial charge in [-0.3, -0.25) is 9.59 Å². The van der Waals surface area contributed by atoms with Crippen LogP contribution in [0.5, 0.6) is 0 Å². The monoisotopic (exact) mass is 561 g/mol. The maximum Gasteiger partial charge on any atom is 0.242 e. The number of carbonyl (C=O) groups excluding carboxylic acids is 2. The zero-order valence-electron chi connectivity index (χ0n) is 20.6. The molecule has 3 aromatic carbocycles. The molecule has 1 N–H and O–H groups in total. The van der Waals surface area contributed by atoms with Crippen LogP contribution in [0.25, 0.3) is 0 Å². The molecule has 7 nitrogen and oxygen atoms in total. The number of nitrogens with one attached hydrogen (secondary N) is 1. The molecule has 37 heavy (non-hydrogen) atoms. The number of benzene rings is 3. The van der Waals surface area contributed by atoms with Crippen molar-refractivity contribution in [2.45, 2.75) is 32.6 Å². The summed E-state index contributed by atoms with van der Waals surface area (Å²) in [5.74, 6) is -0.887. The van der Waals surface area contributed by atoms with Gasteiger partial charge in [-0.2, -0.15) is 4.31 Å². The van der Waals surface area contributed by atoms with Gasteiger partial charge in [0, 0.05) is 29.7 Å². The first-order valence-corrected chi connectivity index (χ1v) is 14.2. The average molecular weight is 563 g/mol. The lowest BCUT2D eigenvalue weighted by atomic mass is 10.1. The molecule has 1 unspecified atom stereocenters. The second kappa shape index (κ2) is 13.1. The summed E-state index contributed by atoms with van der Waals surface area (Å²) in [6.45, 7) is 1.54. The van der Waals surface area contributed by atoms with Crippen molar-refractivity contribution in [2.75, 3.05) is 12.8 Å². The molecule has 2 amide bonds. The summed E-state index contributed by atoms with van der Waals surface area (Å²) in [6.07, 6.45) is 1.07. The molecule has 10 heteroatoms. The van der Waals surface area contributed by atoms with E-state index in [0.29, 0.717) is 15.6 Å². The Kier molecular flexibility index (Phi) is 10.1. The predicted molar refractivity (Wildman–Crippen MR) is 146 cm³/mol. The standard InChI is InChI=1S/C27H29Cl2N3O4S/c1-20(27(34)30-16-23-13-14-24(28)15-25(23)29)32(18-22-11-7-4-8-12-22)26(33)19-31(37(2,35)36)17-21-9-5-3-6-10-21/h3-15,20H,16-19H2,1-2H3,(H,30,34). The lowest BCUT2D eigenvalue weighted by Gasteiger charge is -2.31. The summed E-state index contributed by atoms with van der Waals surface area (Å²) < 4.78 is 26.2. The number of hydrogen-bond acceptors (Lipinski definition) is 4. The molecule has 0 saturated heterocycles. The van der Waals surface area contributed by atoms with E-state index in [1.165, 1.54) is 4.90 Å². The van der Waals surface area contributed by atoms with Gasteiger partial charge in [0.05, 0.1) is 12.8 Å². The van der Waals surface area contributed by atoms with Crippen molar-refractivity contribution in [3.8, 4) is 0 Å². The Bertz CT molecular complexity index is 1320. The first-order valence-electron chi connectivity index (χ1n) is 11.6. The van der Waals surface area contributed by atoms with E-state index < -0.39 is 34.4 Å². The fraction of sp³-hybridized carbons (Fsp3) is 0.259. The van der Waals surface area contributed by atoms with E-state index in [0.717, 1.165) is 21.7 Å². The van der Waals surface area contributed by atoms with E-state index in [4.69, 9.17) is 23.2 Å². The normalized spacial score (nSPS) is 12.2. The zero-order valence-corrected chi connectivity index (χ0v) is 22.9. The van der Waals surface area contributed by atoms with Crippen LogP contribution in [0.15, 0.2) is 78.9 Å². The van der Waals surface area contributed by atoms with Crippen molar-refractivity contribution in [3.63, 3.8) is 0 Å². The number of carbonyl (C=O) groups is 2. The van der Waals surface area contributed by atoms with E-state index >= 15 is 0 Å². The Balaban J connectivity index is 1.79. The van der Waals surface area contributed by atoms with Crippen molar-refractivity contribution in [2.24, 2.45) is 0 Å². The highest BCUT2D eigenvalue weighted by Gasteiger charge is 2.30. The van der Waals surface area contributed by atoms with Gasteiger partial charge in [-0.25, -0.2) is 8.42 Å². The number of amides is 2. The number of nitrogens with zero attached hydrogens (tertiary/aromatic N) is 2. The lowest BCUT2D eigenvalue weighted by Crippen LogP contribution is -2.50. The number of sulfonamides is 1. The van der Waals surface area contributed by atoms with Crippen LogP contribution in [-0.4, -0.2) is 48.3 Å². The van der Waals surface area contributed by atoms with Crippen LogP contribution in [0.3, 0.4) is 0 Å². The molecule has 0 aliphatic heterocycles. The zero-order chi connectivity index (χ0) is 27.0. The fourth-order valence-electron chi connectivity index (χ4n) is 3.68. The van der Waals surface area contributed by atoms with Gasteiger partial charge in [0.1, 0.15) is 6.04 Å². The van der Waals surface area contributed by atoms with Crippen molar-refractivity contribution < 1.29 is 18.0 Å². The van der Waals surface area contributed by atoms with Crippen molar-refractivity contribution in [3.05, 3.63) is 106 Å². The Labute approximate surface area is 228 Å². The minimum Gasteiger partial charge on any atom is -0.350 e. The third-order valence-corrected chi connectivity index (χ3v) is 7.60. The average Bonchev–Trinajstić information content (AvgIpc) is 2.86. The van der Waals surface area contributed by atoms with E-state index in [9.17, 15) is 18.0 Å². The molecule has 0 radical (unpaired) electrons. The predicted octanol–water partition coefficient (Wildman–Crippen LogP) is 4.49. The first kappa shape index (κ1) is 28.7. The minimum atomic E-state index is -3.71. The number of rotatable bonds is 11. The third-order valence-electron chi connectivity index (χ3n) is 5.81. The first-order chi connectivity index (χ1) is 17.5. The fourth-order valence-corrected chi connectivity index (χ4v) is 4.88. The molecule has 0 spiro atoms. The summed E-state index contributed by atoms with van der Waals surface area (Å²) in [4.78, 5) is 28.0. The van der Waals surface area contributed by atoms with Gasteiger partial charge in [-0.15, -0.1) is 0 Å². The summed E-state index contributed by atoms with van der Waals surface area (Å²) in [5, 5.41) is 3.72. The van der Waals surface area contributed by atoms with E-state index in [2.05, 4.69) is 5.32 Å². The van der Waals surface area contributed by atoms with Crippen LogP contribution in [0.2, 0.25) is 10.0 Å².